The zero-order chi connectivity index (χ0) is 20.2. The van der Waals surface area contributed by atoms with E-state index in [0.717, 1.165) is 43.6 Å². The average molecular weight is 392 g/mol. The minimum absolute atomic E-state index is 0.0571. The highest BCUT2D eigenvalue weighted by Crippen LogP contribution is 2.23. The second-order valence-electron chi connectivity index (χ2n) is 7.80. The van der Waals surface area contributed by atoms with Crippen molar-refractivity contribution in [2.24, 2.45) is 5.73 Å². The first-order valence-electron chi connectivity index (χ1n) is 10.5. The van der Waals surface area contributed by atoms with Crippen LogP contribution in [0.3, 0.4) is 0 Å². The number of fused-ring (bicyclic) bond motifs is 1. The number of aromatic nitrogens is 2. The van der Waals surface area contributed by atoms with Gasteiger partial charge in [-0.15, -0.1) is 0 Å². The predicted molar refractivity (Wildman–Crippen MR) is 116 cm³/mol. The zero-order valence-corrected chi connectivity index (χ0v) is 16.9. The predicted octanol–water partition coefficient (Wildman–Crippen LogP) is 3.51. The van der Waals surface area contributed by atoms with Gasteiger partial charge in [-0.2, -0.15) is 0 Å². The maximum atomic E-state index is 13.0. The number of aryl methyl sites for hydroxylation is 1. The van der Waals surface area contributed by atoms with Crippen molar-refractivity contribution in [2.45, 2.75) is 57.7 Å². The Labute approximate surface area is 171 Å². The van der Waals surface area contributed by atoms with Gasteiger partial charge in [0.1, 0.15) is 5.82 Å². The molecule has 0 atom stereocenters. The van der Waals surface area contributed by atoms with Crippen molar-refractivity contribution in [3.8, 4) is 0 Å². The molecule has 2 heterocycles. The van der Waals surface area contributed by atoms with Crippen LogP contribution in [0.1, 0.15) is 54.2 Å². The van der Waals surface area contributed by atoms with Crippen molar-refractivity contribution in [3.63, 3.8) is 0 Å². The van der Waals surface area contributed by atoms with Gasteiger partial charge in [0.05, 0.1) is 11.3 Å². The van der Waals surface area contributed by atoms with E-state index in [1.165, 1.54) is 5.56 Å². The van der Waals surface area contributed by atoms with Gasteiger partial charge in [-0.05, 0) is 49.8 Å². The van der Waals surface area contributed by atoms with Crippen molar-refractivity contribution in [3.05, 3.63) is 65.5 Å². The van der Waals surface area contributed by atoms with Crippen LogP contribution in [0.5, 0.6) is 0 Å². The van der Waals surface area contributed by atoms with Crippen LogP contribution in [-0.2, 0) is 13.0 Å². The number of pyridine rings is 1. The average Bonchev–Trinajstić information content (AvgIpc) is 3.12. The number of benzene rings is 1. The molecule has 0 bridgehead atoms. The lowest BCUT2D eigenvalue weighted by molar-refractivity contribution is 0.0927. The van der Waals surface area contributed by atoms with Crippen LogP contribution in [0.2, 0.25) is 0 Å². The first-order valence-corrected chi connectivity index (χ1v) is 10.5. The third kappa shape index (κ3) is 4.27. The van der Waals surface area contributed by atoms with E-state index in [1.807, 2.05) is 40.9 Å². The van der Waals surface area contributed by atoms with E-state index in [-0.39, 0.29) is 18.0 Å². The number of imidazole rings is 1. The monoisotopic (exact) mass is 391 g/mol. The highest BCUT2D eigenvalue weighted by Gasteiger charge is 2.23. The molecule has 1 amide bonds. The van der Waals surface area contributed by atoms with Crippen molar-refractivity contribution >= 4 is 17.4 Å². The molecule has 29 heavy (non-hydrogen) atoms. The second-order valence-corrected chi connectivity index (χ2v) is 7.80. The fourth-order valence-electron chi connectivity index (χ4n) is 4.03. The van der Waals surface area contributed by atoms with Crippen molar-refractivity contribution in [1.82, 2.24) is 14.7 Å². The van der Waals surface area contributed by atoms with Crippen LogP contribution in [0.15, 0.2) is 48.7 Å². The summed E-state index contributed by atoms with van der Waals surface area (Å²) in [6.07, 6.45) is 6.56. The molecule has 1 aliphatic carbocycles. The van der Waals surface area contributed by atoms with E-state index in [9.17, 15) is 4.79 Å². The summed E-state index contributed by atoms with van der Waals surface area (Å²) in [6.45, 7) is 2.79. The molecule has 4 N–H and O–H groups in total. The number of carbonyl (C=O) groups is 1. The lowest BCUT2D eigenvalue weighted by atomic mass is 9.91. The molecule has 0 saturated heterocycles. The molecule has 4 rings (SSSR count). The van der Waals surface area contributed by atoms with Crippen LogP contribution < -0.4 is 16.4 Å². The maximum absolute atomic E-state index is 13.0. The summed E-state index contributed by atoms with van der Waals surface area (Å²) >= 11 is 0. The first kappa shape index (κ1) is 19.5. The molecule has 0 spiro atoms. The Morgan fingerprint density at radius 2 is 1.90 bits per heavy atom. The van der Waals surface area contributed by atoms with Crippen molar-refractivity contribution in [1.29, 1.82) is 0 Å². The Bertz CT molecular complexity index is 974. The number of amides is 1. The molecule has 6 nitrogen and oxygen atoms in total. The summed E-state index contributed by atoms with van der Waals surface area (Å²) < 4.78 is 1.99. The lowest BCUT2D eigenvalue weighted by Crippen LogP contribution is -2.40. The highest BCUT2D eigenvalue weighted by atomic mass is 16.1. The minimum atomic E-state index is -0.0571. The topological polar surface area (TPSA) is 84.5 Å². The standard InChI is InChI=1S/C23H29N5O/c1-2-20-22(25-15-16-7-4-3-5-8-16)28-14-6-9-19(21(28)27-20)23(29)26-18-12-10-17(24)11-13-18/h3-9,14,17-18,25H,2,10-13,15,24H2,1H3,(H,26,29). The van der Waals surface area contributed by atoms with Crippen LogP contribution in [0.25, 0.3) is 5.65 Å². The molecule has 1 aliphatic rings. The van der Waals surface area contributed by atoms with Gasteiger partial charge in [0.15, 0.2) is 5.65 Å². The molecule has 152 valence electrons. The molecular formula is C23H29N5O. The Morgan fingerprint density at radius 3 is 2.62 bits per heavy atom. The Hall–Kier alpha value is -2.86. The Morgan fingerprint density at radius 1 is 1.14 bits per heavy atom. The summed E-state index contributed by atoms with van der Waals surface area (Å²) in [7, 11) is 0. The minimum Gasteiger partial charge on any atom is -0.366 e. The number of rotatable bonds is 6. The Balaban J connectivity index is 1.57. The summed E-state index contributed by atoms with van der Waals surface area (Å²) in [5, 5.41) is 6.69. The number of hydrogen-bond donors (Lipinski definition) is 3. The van der Waals surface area contributed by atoms with Gasteiger partial charge in [-0.1, -0.05) is 37.3 Å². The smallest absolute Gasteiger partial charge is 0.255 e. The second kappa shape index (κ2) is 8.66. The number of anilines is 1. The van der Waals surface area contributed by atoms with E-state index in [4.69, 9.17) is 10.7 Å². The third-order valence-electron chi connectivity index (χ3n) is 5.71. The summed E-state index contributed by atoms with van der Waals surface area (Å²) in [5.41, 5.74) is 9.47. The third-order valence-corrected chi connectivity index (χ3v) is 5.71. The number of carbonyl (C=O) groups excluding carboxylic acids is 1. The van der Waals surface area contributed by atoms with Crippen LogP contribution in [0, 0.1) is 0 Å². The molecule has 0 unspecified atom stereocenters. The molecule has 1 saturated carbocycles. The number of nitrogens with two attached hydrogens (primary N) is 1. The maximum Gasteiger partial charge on any atom is 0.255 e. The molecule has 3 aromatic rings. The normalized spacial score (nSPS) is 19.2. The van der Waals surface area contributed by atoms with E-state index in [0.29, 0.717) is 17.8 Å². The molecule has 1 fully saturated rings. The van der Waals surface area contributed by atoms with Gasteiger partial charge in [0.25, 0.3) is 5.91 Å². The van der Waals surface area contributed by atoms with Crippen LogP contribution in [0.4, 0.5) is 5.82 Å². The molecule has 2 aromatic heterocycles. The lowest BCUT2D eigenvalue weighted by Gasteiger charge is -2.26. The number of nitrogens with one attached hydrogen (secondary N) is 2. The summed E-state index contributed by atoms with van der Waals surface area (Å²) in [6, 6.07) is 14.5. The quantitative estimate of drug-likeness (QED) is 0.600. The molecule has 0 aliphatic heterocycles. The van der Waals surface area contributed by atoms with Gasteiger partial charge in [-0.25, -0.2) is 4.98 Å². The molecule has 1 aromatic carbocycles. The van der Waals surface area contributed by atoms with E-state index >= 15 is 0 Å². The van der Waals surface area contributed by atoms with Gasteiger partial charge >= 0.3 is 0 Å². The first-order chi connectivity index (χ1) is 14.2. The number of nitrogens with zero attached hydrogens (tertiary/aromatic N) is 2. The van der Waals surface area contributed by atoms with Crippen molar-refractivity contribution in [2.75, 3.05) is 5.32 Å². The fraction of sp³-hybridized carbons (Fsp3) is 0.391. The van der Waals surface area contributed by atoms with E-state index < -0.39 is 0 Å². The summed E-state index contributed by atoms with van der Waals surface area (Å²) in [5.74, 6) is 0.892. The van der Waals surface area contributed by atoms with Gasteiger partial charge < -0.3 is 16.4 Å². The van der Waals surface area contributed by atoms with Crippen LogP contribution in [-0.4, -0.2) is 27.4 Å². The number of hydrogen-bond acceptors (Lipinski definition) is 4. The van der Waals surface area contributed by atoms with Crippen molar-refractivity contribution < 1.29 is 4.79 Å². The van der Waals surface area contributed by atoms with Gasteiger partial charge in [0.2, 0.25) is 0 Å². The van der Waals surface area contributed by atoms with Crippen LogP contribution >= 0.6 is 0 Å². The highest BCUT2D eigenvalue weighted by molar-refractivity contribution is 6.00. The molecule has 0 radical (unpaired) electrons. The SMILES string of the molecule is CCc1nc2c(C(=O)NC3CCC(N)CC3)cccn2c1NCc1ccccc1. The van der Waals surface area contributed by atoms with Gasteiger partial charge in [-0.3, -0.25) is 9.20 Å². The Kier molecular flexibility index (Phi) is 5.81. The zero-order valence-electron chi connectivity index (χ0n) is 16.9. The fourth-order valence-corrected chi connectivity index (χ4v) is 4.03. The largest absolute Gasteiger partial charge is 0.366 e. The van der Waals surface area contributed by atoms with E-state index in [2.05, 4.69) is 29.7 Å². The molecular weight excluding hydrogens is 362 g/mol. The molecule has 6 heteroatoms. The van der Waals surface area contributed by atoms with E-state index in [1.54, 1.807) is 0 Å². The summed E-state index contributed by atoms with van der Waals surface area (Å²) in [4.78, 5) is 17.8. The van der Waals surface area contributed by atoms with Gasteiger partial charge in [0, 0.05) is 24.8 Å².